The quantitative estimate of drug-likeness (QED) is 0.616. The van der Waals surface area contributed by atoms with E-state index in [0.29, 0.717) is 6.04 Å². The molecule has 0 unspecified atom stereocenters. The molecule has 1 N–H and O–H groups in total. The van der Waals surface area contributed by atoms with E-state index in [1.807, 2.05) is 0 Å². The Balaban J connectivity index is 2.44. The number of benzene rings is 1. The lowest BCUT2D eigenvalue weighted by Crippen LogP contribution is -2.44. The van der Waals surface area contributed by atoms with Crippen molar-refractivity contribution in [1.82, 2.24) is 0 Å². The SMILES string of the molecule is CCC(CC)Nc1ccc(CCC[N+](C)(CC)CC)cc1. The topological polar surface area (TPSA) is 12.0 Å². The Morgan fingerprint density at radius 2 is 1.52 bits per heavy atom. The van der Waals surface area contributed by atoms with Gasteiger partial charge in [0.25, 0.3) is 0 Å². The zero-order valence-electron chi connectivity index (χ0n) is 14.8. The van der Waals surface area contributed by atoms with Crippen molar-refractivity contribution in [2.24, 2.45) is 0 Å². The zero-order chi connectivity index (χ0) is 15.7. The highest BCUT2D eigenvalue weighted by atomic mass is 15.3. The van der Waals surface area contributed by atoms with Crippen molar-refractivity contribution in [2.45, 2.75) is 59.4 Å². The molecule has 21 heavy (non-hydrogen) atoms. The van der Waals surface area contributed by atoms with Crippen LogP contribution in [0, 0.1) is 0 Å². The molecule has 1 rings (SSSR count). The Kier molecular flexibility index (Phi) is 7.81. The molecule has 1 aromatic carbocycles. The summed E-state index contributed by atoms with van der Waals surface area (Å²) >= 11 is 0. The largest absolute Gasteiger partial charge is 0.382 e. The smallest absolute Gasteiger partial charge is 0.0787 e. The molecule has 0 aromatic heterocycles. The second-order valence-corrected chi connectivity index (χ2v) is 6.43. The minimum atomic E-state index is 0.600. The third-order valence-electron chi connectivity index (χ3n) is 5.00. The molecule has 0 radical (unpaired) electrons. The molecule has 120 valence electrons. The maximum Gasteiger partial charge on any atom is 0.0787 e. The Morgan fingerprint density at radius 3 is 2.00 bits per heavy atom. The average Bonchev–Trinajstić information content (AvgIpc) is 2.53. The molecular formula is C19H35N2+. The highest BCUT2D eigenvalue weighted by molar-refractivity contribution is 5.45. The van der Waals surface area contributed by atoms with Gasteiger partial charge >= 0.3 is 0 Å². The third kappa shape index (κ3) is 6.09. The molecule has 0 saturated heterocycles. The molecule has 0 spiro atoms. The van der Waals surface area contributed by atoms with Gasteiger partial charge in [-0.05, 0) is 50.8 Å². The van der Waals surface area contributed by atoms with Crippen LogP contribution in [0.5, 0.6) is 0 Å². The molecule has 0 aliphatic heterocycles. The lowest BCUT2D eigenvalue weighted by molar-refractivity contribution is -0.906. The maximum absolute atomic E-state index is 3.60. The van der Waals surface area contributed by atoms with Crippen LogP contribution in [0.25, 0.3) is 0 Å². The number of hydrogen-bond acceptors (Lipinski definition) is 1. The van der Waals surface area contributed by atoms with E-state index < -0.39 is 0 Å². The van der Waals surface area contributed by atoms with Crippen LogP contribution in [-0.4, -0.2) is 37.2 Å². The van der Waals surface area contributed by atoms with Crippen molar-refractivity contribution in [1.29, 1.82) is 0 Å². The molecule has 0 saturated carbocycles. The summed E-state index contributed by atoms with van der Waals surface area (Å²) in [5.41, 5.74) is 2.72. The first-order valence-electron chi connectivity index (χ1n) is 8.75. The minimum absolute atomic E-state index is 0.600. The van der Waals surface area contributed by atoms with Gasteiger partial charge in [-0.1, -0.05) is 26.0 Å². The molecule has 2 nitrogen and oxygen atoms in total. The number of nitrogens with one attached hydrogen (secondary N) is 1. The van der Waals surface area contributed by atoms with Gasteiger partial charge in [-0.15, -0.1) is 0 Å². The molecule has 0 fully saturated rings. The van der Waals surface area contributed by atoms with E-state index in [4.69, 9.17) is 0 Å². The molecular weight excluding hydrogens is 256 g/mol. The average molecular weight is 292 g/mol. The van der Waals surface area contributed by atoms with Gasteiger partial charge in [0.2, 0.25) is 0 Å². The van der Waals surface area contributed by atoms with Crippen LogP contribution in [0.15, 0.2) is 24.3 Å². The molecule has 0 aliphatic carbocycles. The summed E-state index contributed by atoms with van der Waals surface area (Å²) in [5.74, 6) is 0. The van der Waals surface area contributed by atoms with E-state index in [2.05, 4.69) is 64.3 Å². The molecule has 2 heteroatoms. The number of anilines is 1. The van der Waals surface area contributed by atoms with Crippen molar-refractivity contribution in [3.8, 4) is 0 Å². The summed E-state index contributed by atoms with van der Waals surface area (Å²) in [6, 6.07) is 9.64. The van der Waals surface area contributed by atoms with Gasteiger partial charge < -0.3 is 9.80 Å². The summed E-state index contributed by atoms with van der Waals surface area (Å²) in [7, 11) is 2.36. The number of rotatable bonds is 10. The predicted octanol–water partition coefficient (Wildman–Crippen LogP) is 4.71. The summed E-state index contributed by atoms with van der Waals surface area (Å²) in [4.78, 5) is 0. The number of hydrogen-bond donors (Lipinski definition) is 1. The van der Waals surface area contributed by atoms with Gasteiger partial charge in [0, 0.05) is 18.2 Å². The van der Waals surface area contributed by atoms with Gasteiger partial charge in [-0.2, -0.15) is 0 Å². The maximum atomic E-state index is 3.60. The number of nitrogens with zero attached hydrogens (tertiary/aromatic N) is 1. The van der Waals surface area contributed by atoms with Crippen molar-refractivity contribution < 1.29 is 4.48 Å². The van der Waals surface area contributed by atoms with Gasteiger partial charge in [0.1, 0.15) is 0 Å². The van der Waals surface area contributed by atoms with Crippen molar-refractivity contribution >= 4 is 5.69 Å². The predicted molar refractivity (Wildman–Crippen MR) is 94.9 cm³/mol. The summed E-state index contributed by atoms with van der Waals surface area (Å²) < 4.78 is 1.19. The van der Waals surface area contributed by atoms with Crippen molar-refractivity contribution in [2.75, 3.05) is 32.0 Å². The first kappa shape index (κ1) is 18.0. The van der Waals surface area contributed by atoms with Crippen LogP contribution in [-0.2, 0) is 6.42 Å². The molecule has 0 amide bonds. The zero-order valence-corrected chi connectivity index (χ0v) is 14.8. The lowest BCUT2D eigenvalue weighted by atomic mass is 10.1. The molecule has 0 aliphatic rings. The molecule has 0 heterocycles. The Bertz CT molecular complexity index is 375. The second-order valence-electron chi connectivity index (χ2n) is 6.43. The van der Waals surface area contributed by atoms with E-state index in [1.165, 1.54) is 61.1 Å². The fourth-order valence-electron chi connectivity index (χ4n) is 2.70. The van der Waals surface area contributed by atoms with E-state index in [-0.39, 0.29) is 0 Å². The fraction of sp³-hybridized carbons (Fsp3) is 0.684. The fourth-order valence-corrected chi connectivity index (χ4v) is 2.70. The minimum Gasteiger partial charge on any atom is -0.382 e. The van der Waals surface area contributed by atoms with Gasteiger partial charge in [0.15, 0.2) is 0 Å². The van der Waals surface area contributed by atoms with E-state index >= 15 is 0 Å². The summed E-state index contributed by atoms with van der Waals surface area (Å²) in [5, 5.41) is 3.60. The van der Waals surface area contributed by atoms with E-state index in [9.17, 15) is 0 Å². The highest BCUT2D eigenvalue weighted by Crippen LogP contribution is 2.15. The first-order valence-corrected chi connectivity index (χ1v) is 8.75. The molecule has 0 atom stereocenters. The monoisotopic (exact) mass is 291 g/mol. The number of quaternary nitrogens is 1. The van der Waals surface area contributed by atoms with Gasteiger partial charge in [-0.25, -0.2) is 0 Å². The number of aryl methyl sites for hydroxylation is 1. The summed E-state index contributed by atoms with van der Waals surface area (Å²) in [6.45, 7) is 12.8. The van der Waals surface area contributed by atoms with Crippen LogP contribution in [0.3, 0.4) is 0 Å². The first-order chi connectivity index (χ1) is 10.1. The Morgan fingerprint density at radius 1 is 0.952 bits per heavy atom. The molecule has 1 aromatic rings. The van der Waals surface area contributed by atoms with E-state index in [1.54, 1.807) is 0 Å². The highest BCUT2D eigenvalue weighted by Gasteiger charge is 2.15. The van der Waals surface area contributed by atoms with Crippen molar-refractivity contribution in [3.05, 3.63) is 29.8 Å². The van der Waals surface area contributed by atoms with Crippen LogP contribution in [0.2, 0.25) is 0 Å². The standard InChI is InChI=1S/C19H35N2/c1-6-18(7-2)20-19-14-12-17(13-15-19)11-10-16-21(5,8-3)9-4/h12-15,18,20H,6-11,16H2,1-5H3/q+1. The van der Waals surface area contributed by atoms with E-state index in [0.717, 1.165) is 0 Å². The Hall–Kier alpha value is -1.02. The Labute approximate surface area is 132 Å². The normalized spacial score (nSPS) is 11.9. The van der Waals surface area contributed by atoms with Gasteiger partial charge in [0.05, 0.1) is 26.7 Å². The summed E-state index contributed by atoms with van der Waals surface area (Å²) in [6.07, 6.45) is 4.84. The second kappa shape index (κ2) is 9.09. The molecule has 0 bridgehead atoms. The van der Waals surface area contributed by atoms with Crippen LogP contribution in [0.4, 0.5) is 5.69 Å². The van der Waals surface area contributed by atoms with Crippen LogP contribution < -0.4 is 5.32 Å². The van der Waals surface area contributed by atoms with Crippen LogP contribution in [0.1, 0.15) is 52.5 Å². The van der Waals surface area contributed by atoms with Crippen LogP contribution >= 0.6 is 0 Å². The van der Waals surface area contributed by atoms with Gasteiger partial charge in [-0.3, -0.25) is 0 Å². The lowest BCUT2D eigenvalue weighted by Gasteiger charge is -2.32. The van der Waals surface area contributed by atoms with Crippen molar-refractivity contribution in [3.63, 3.8) is 0 Å². The third-order valence-corrected chi connectivity index (χ3v) is 5.00.